The molecule has 0 aliphatic heterocycles. The molecule has 0 heterocycles. The number of hydrogen-bond donors (Lipinski definition) is 4. The molecule has 0 rings (SSSR count). The van der Waals surface area contributed by atoms with Crippen molar-refractivity contribution in [2.75, 3.05) is 13.2 Å². The van der Waals surface area contributed by atoms with E-state index in [9.17, 15) is 0 Å². The fourth-order valence-corrected chi connectivity index (χ4v) is 0.824. The van der Waals surface area contributed by atoms with E-state index in [1.807, 2.05) is 0 Å². The van der Waals surface area contributed by atoms with Crippen LogP contribution in [0.25, 0.3) is 0 Å². The highest BCUT2D eigenvalue weighted by molar-refractivity contribution is 4.69. The number of aliphatic hydroxyl groups excluding tert-OH is 4. The molecule has 0 aliphatic rings. The molecular weight excluding hydrogens is 176 g/mol. The van der Waals surface area contributed by atoms with Gasteiger partial charge >= 0.3 is 0 Å². The van der Waals surface area contributed by atoms with E-state index in [1.54, 1.807) is 6.92 Å². The van der Waals surface area contributed by atoms with Crippen molar-refractivity contribution in [2.45, 2.75) is 38.3 Å². The van der Waals surface area contributed by atoms with E-state index in [0.29, 0.717) is 0 Å². The second-order valence-electron chi connectivity index (χ2n) is 3.05. The summed E-state index contributed by atoms with van der Waals surface area (Å²) >= 11 is 0. The Bertz CT molecular complexity index is 128. The van der Waals surface area contributed by atoms with Crippen LogP contribution in [0, 0.1) is 0 Å². The zero-order valence-corrected chi connectivity index (χ0v) is 7.92. The lowest BCUT2D eigenvalue weighted by Crippen LogP contribution is -2.39. The summed E-state index contributed by atoms with van der Waals surface area (Å²) in [6.07, 6.45) is -3.14. The summed E-state index contributed by atoms with van der Waals surface area (Å²) in [5.41, 5.74) is 0. The fourth-order valence-electron chi connectivity index (χ4n) is 0.824. The first-order valence-electron chi connectivity index (χ1n) is 4.26. The van der Waals surface area contributed by atoms with Crippen molar-refractivity contribution in [3.05, 3.63) is 0 Å². The van der Waals surface area contributed by atoms with Gasteiger partial charge in [-0.05, 0) is 13.8 Å². The molecule has 0 bridgehead atoms. The minimum absolute atomic E-state index is 0.319. The molecule has 0 amide bonds. The molecule has 0 aromatic rings. The van der Waals surface area contributed by atoms with Crippen LogP contribution in [0.3, 0.4) is 0 Å². The Kier molecular flexibility index (Phi) is 6.19. The zero-order valence-electron chi connectivity index (χ0n) is 7.92. The van der Waals surface area contributed by atoms with Crippen molar-refractivity contribution < 1.29 is 25.2 Å². The van der Waals surface area contributed by atoms with Crippen molar-refractivity contribution >= 4 is 0 Å². The van der Waals surface area contributed by atoms with Crippen molar-refractivity contribution in [3.8, 4) is 0 Å². The highest BCUT2D eigenvalue weighted by Crippen LogP contribution is 2.06. The van der Waals surface area contributed by atoms with E-state index < -0.39 is 31.0 Å². The largest absolute Gasteiger partial charge is 0.394 e. The van der Waals surface area contributed by atoms with E-state index >= 15 is 0 Å². The van der Waals surface area contributed by atoms with Crippen LogP contribution in [-0.4, -0.2) is 58.1 Å². The molecule has 0 radical (unpaired) electrons. The Hall–Kier alpha value is -0.200. The molecule has 13 heavy (non-hydrogen) atoms. The van der Waals surface area contributed by atoms with Gasteiger partial charge < -0.3 is 25.2 Å². The van der Waals surface area contributed by atoms with E-state index in [-0.39, 0.29) is 6.61 Å². The highest BCUT2D eigenvalue weighted by Gasteiger charge is 2.21. The maximum Gasteiger partial charge on any atom is 0.107 e. The van der Waals surface area contributed by atoms with Gasteiger partial charge in [0.1, 0.15) is 12.2 Å². The lowest BCUT2D eigenvalue weighted by Gasteiger charge is -2.25. The molecule has 0 spiro atoms. The van der Waals surface area contributed by atoms with Crippen LogP contribution in [0.2, 0.25) is 0 Å². The maximum atomic E-state index is 9.11. The second-order valence-corrected chi connectivity index (χ2v) is 3.05. The van der Waals surface area contributed by atoms with Crippen molar-refractivity contribution in [2.24, 2.45) is 0 Å². The lowest BCUT2D eigenvalue weighted by atomic mass is 10.2. The van der Waals surface area contributed by atoms with Gasteiger partial charge in [-0.3, -0.25) is 0 Å². The van der Waals surface area contributed by atoms with E-state index in [4.69, 9.17) is 25.2 Å². The summed E-state index contributed by atoms with van der Waals surface area (Å²) in [7, 11) is 0. The van der Waals surface area contributed by atoms with Gasteiger partial charge in [0.2, 0.25) is 0 Å². The average molecular weight is 194 g/mol. The predicted molar refractivity (Wildman–Crippen MR) is 46.2 cm³/mol. The first-order valence-corrected chi connectivity index (χ1v) is 4.26. The number of aliphatic hydroxyl groups is 4. The molecule has 0 fully saturated rings. The topological polar surface area (TPSA) is 90.2 Å². The third kappa shape index (κ3) is 4.54. The second kappa shape index (κ2) is 6.28. The molecule has 0 aromatic heterocycles. The SMILES string of the molecule is CC(OC(CO)[C@H](C)O)[C@@H](O)CO. The van der Waals surface area contributed by atoms with Gasteiger partial charge in [-0.15, -0.1) is 0 Å². The molecule has 5 nitrogen and oxygen atoms in total. The van der Waals surface area contributed by atoms with Crippen LogP contribution in [0.4, 0.5) is 0 Å². The maximum absolute atomic E-state index is 9.11. The molecule has 0 aromatic carbocycles. The quantitative estimate of drug-likeness (QED) is 0.412. The zero-order chi connectivity index (χ0) is 10.4. The molecule has 4 N–H and O–H groups in total. The minimum atomic E-state index is -0.993. The van der Waals surface area contributed by atoms with E-state index in [0.717, 1.165) is 0 Å². The van der Waals surface area contributed by atoms with Crippen LogP contribution in [-0.2, 0) is 4.74 Å². The summed E-state index contributed by atoms with van der Waals surface area (Å²) in [5, 5.41) is 35.5. The third-order valence-electron chi connectivity index (χ3n) is 1.84. The highest BCUT2D eigenvalue weighted by atomic mass is 16.5. The molecule has 2 unspecified atom stereocenters. The molecule has 0 saturated carbocycles. The number of rotatable bonds is 6. The van der Waals surface area contributed by atoms with Gasteiger partial charge in [0.05, 0.1) is 25.4 Å². The normalized spacial score (nSPS) is 20.8. The summed E-state index contributed by atoms with van der Waals surface area (Å²) in [6, 6.07) is 0. The van der Waals surface area contributed by atoms with E-state index in [1.165, 1.54) is 6.92 Å². The summed E-state index contributed by atoms with van der Waals surface area (Å²) < 4.78 is 5.10. The fraction of sp³-hybridized carbons (Fsp3) is 1.00. The summed E-state index contributed by atoms with van der Waals surface area (Å²) in [5.74, 6) is 0. The standard InChI is InChI=1S/C8H18O5/c1-5(11)8(4-10)13-6(2)7(12)3-9/h5-12H,3-4H2,1-2H3/t5-,6?,7-,8?/m0/s1. The molecule has 5 heteroatoms. The van der Waals surface area contributed by atoms with Crippen LogP contribution in [0.5, 0.6) is 0 Å². The van der Waals surface area contributed by atoms with Crippen LogP contribution in [0.1, 0.15) is 13.8 Å². The van der Waals surface area contributed by atoms with Gasteiger partial charge in [-0.25, -0.2) is 0 Å². The Morgan fingerprint density at radius 3 is 1.92 bits per heavy atom. The van der Waals surface area contributed by atoms with Gasteiger partial charge in [0, 0.05) is 0 Å². The van der Waals surface area contributed by atoms with Gasteiger partial charge in [-0.1, -0.05) is 0 Å². The molecule has 0 saturated heterocycles. The van der Waals surface area contributed by atoms with Crippen LogP contribution < -0.4 is 0 Å². The molecule has 0 aliphatic carbocycles. The third-order valence-corrected chi connectivity index (χ3v) is 1.84. The van der Waals surface area contributed by atoms with E-state index in [2.05, 4.69) is 0 Å². The summed E-state index contributed by atoms with van der Waals surface area (Å²) in [4.78, 5) is 0. The minimum Gasteiger partial charge on any atom is -0.394 e. The average Bonchev–Trinajstić information content (AvgIpc) is 2.11. The van der Waals surface area contributed by atoms with Crippen LogP contribution in [0.15, 0.2) is 0 Å². The Labute approximate surface area is 77.6 Å². The Morgan fingerprint density at radius 1 is 1.08 bits per heavy atom. The first-order chi connectivity index (χ1) is 6.02. The Morgan fingerprint density at radius 2 is 1.62 bits per heavy atom. The van der Waals surface area contributed by atoms with Crippen molar-refractivity contribution in [1.82, 2.24) is 0 Å². The number of ether oxygens (including phenoxy) is 1. The lowest BCUT2D eigenvalue weighted by molar-refractivity contribution is -0.127. The molecular formula is C8H18O5. The predicted octanol–water partition coefficient (Wildman–Crippen LogP) is -1.51. The molecule has 4 atom stereocenters. The number of hydrogen-bond acceptors (Lipinski definition) is 5. The molecule has 80 valence electrons. The summed E-state index contributed by atoms with van der Waals surface area (Å²) in [6.45, 7) is 2.32. The monoisotopic (exact) mass is 194 g/mol. The van der Waals surface area contributed by atoms with Gasteiger partial charge in [0.25, 0.3) is 0 Å². The Balaban J connectivity index is 3.93. The van der Waals surface area contributed by atoms with Crippen LogP contribution >= 0.6 is 0 Å². The smallest absolute Gasteiger partial charge is 0.107 e. The van der Waals surface area contributed by atoms with Gasteiger partial charge in [-0.2, -0.15) is 0 Å². The van der Waals surface area contributed by atoms with Crippen molar-refractivity contribution in [3.63, 3.8) is 0 Å². The first kappa shape index (κ1) is 12.8. The van der Waals surface area contributed by atoms with Crippen molar-refractivity contribution in [1.29, 1.82) is 0 Å². The van der Waals surface area contributed by atoms with Gasteiger partial charge in [0.15, 0.2) is 0 Å².